The van der Waals surface area contributed by atoms with Gasteiger partial charge in [0.2, 0.25) is 0 Å². The minimum Gasteiger partial charge on any atom is -0.497 e. The van der Waals surface area contributed by atoms with E-state index in [-0.39, 0.29) is 5.92 Å². The van der Waals surface area contributed by atoms with Crippen molar-refractivity contribution >= 4 is 0 Å². The average Bonchev–Trinajstić information content (AvgIpc) is 3.15. The van der Waals surface area contributed by atoms with Crippen LogP contribution in [0.3, 0.4) is 0 Å². The zero-order valence-corrected chi connectivity index (χ0v) is 13.9. The molecule has 24 heavy (non-hydrogen) atoms. The third-order valence-corrected chi connectivity index (χ3v) is 4.04. The summed E-state index contributed by atoms with van der Waals surface area (Å²) in [6, 6.07) is 18.5. The molecule has 0 aliphatic heterocycles. The molecule has 1 atom stereocenters. The highest BCUT2D eigenvalue weighted by Gasteiger charge is 2.10. The van der Waals surface area contributed by atoms with Gasteiger partial charge in [0.15, 0.2) is 0 Å². The molecule has 0 N–H and O–H groups in total. The van der Waals surface area contributed by atoms with Gasteiger partial charge in [-0.05, 0) is 28.8 Å². The van der Waals surface area contributed by atoms with Crippen molar-refractivity contribution in [3.63, 3.8) is 0 Å². The molecule has 0 spiro atoms. The summed E-state index contributed by atoms with van der Waals surface area (Å²) in [5.41, 5.74) is 3.65. The van der Waals surface area contributed by atoms with Gasteiger partial charge in [-0.25, -0.2) is 0 Å². The summed E-state index contributed by atoms with van der Waals surface area (Å²) >= 11 is 0. The van der Waals surface area contributed by atoms with Crippen molar-refractivity contribution in [2.24, 2.45) is 0 Å². The fourth-order valence-electron chi connectivity index (χ4n) is 2.70. The first-order chi connectivity index (χ1) is 11.8. The van der Waals surface area contributed by atoms with Gasteiger partial charge in [-0.3, -0.25) is 0 Å². The van der Waals surface area contributed by atoms with E-state index in [1.165, 1.54) is 11.1 Å². The number of benzene rings is 2. The molecule has 2 heteroatoms. The molecule has 0 saturated carbocycles. The lowest BCUT2D eigenvalue weighted by molar-refractivity contribution is 0.115. The monoisotopic (exact) mass is 318 g/mol. The maximum Gasteiger partial charge on any atom is 0.118 e. The summed E-state index contributed by atoms with van der Waals surface area (Å²) in [4.78, 5) is 0. The number of rotatable bonds is 7. The van der Waals surface area contributed by atoms with Gasteiger partial charge in [-0.1, -0.05) is 72.8 Å². The van der Waals surface area contributed by atoms with E-state index in [0.29, 0.717) is 13.2 Å². The van der Waals surface area contributed by atoms with Gasteiger partial charge in [0.25, 0.3) is 0 Å². The van der Waals surface area contributed by atoms with Crippen molar-refractivity contribution in [3.05, 3.63) is 102 Å². The van der Waals surface area contributed by atoms with E-state index in [0.717, 1.165) is 11.3 Å². The maximum absolute atomic E-state index is 5.99. The SMILES string of the molecule is COc1ccc(COCC(C=C2C=CC=C2)c2ccccc2)cc1. The van der Waals surface area contributed by atoms with Crippen molar-refractivity contribution in [3.8, 4) is 5.75 Å². The lowest BCUT2D eigenvalue weighted by Gasteiger charge is -2.15. The largest absolute Gasteiger partial charge is 0.497 e. The summed E-state index contributed by atoms with van der Waals surface area (Å²) in [5.74, 6) is 1.11. The lowest BCUT2D eigenvalue weighted by Crippen LogP contribution is -2.06. The first kappa shape index (κ1) is 16.3. The molecule has 0 amide bonds. The quantitative estimate of drug-likeness (QED) is 0.711. The number of hydrogen-bond acceptors (Lipinski definition) is 2. The Morgan fingerprint density at radius 1 is 0.917 bits per heavy atom. The Kier molecular flexibility index (Phi) is 5.65. The van der Waals surface area contributed by atoms with Gasteiger partial charge in [0.05, 0.1) is 20.3 Å². The van der Waals surface area contributed by atoms with Gasteiger partial charge in [0.1, 0.15) is 5.75 Å². The Morgan fingerprint density at radius 2 is 1.62 bits per heavy atom. The highest BCUT2D eigenvalue weighted by atomic mass is 16.5. The summed E-state index contributed by atoms with van der Waals surface area (Å²) in [5, 5.41) is 0. The van der Waals surface area contributed by atoms with Crippen molar-refractivity contribution in [2.45, 2.75) is 12.5 Å². The maximum atomic E-state index is 5.99. The smallest absolute Gasteiger partial charge is 0.118 e. The normalized spacial score (nSPS) is 14.0. The zero-order valence-electron chi connectivity index (χ0n) is 13.9. The average molecular weight is 318 g/mol. The second kappa shape index (κ2) is 8.32. The number of hydrogen-bond donors (Lipinski definition) is 0. The van der Waals surface area contributed by atoms with Crippen LogP contribution in [0.25, 0.3) is 0 Å². The first-order valence-corrected chi connectivity index (χ1v) is 8.17. The molecule has 1 aliphatic carbocycles. The Hall–Kier alpha value is -2.58. The van der Waals surface area contributed by atoms with E-state index in [4.69, 9.17) is 9.47 Å². The molecule has 0 fully saturated rings. The Morgan fingerprint density at radius 3 is 2.29 bits per heavy atom. The highest BCUT2D eigenvalue weighted by Crippen LogP contribution is 2.22. The van der Waals surface area contributed by atoms with Crippen LogP contribution in [0.2, 0.25) is 0 Å². The molecule has 2 nitrogen and oxygen atoms in total. The van der Waals surface area contributed by atoms with Crippen LogP contribution in [-0.4, -0.2) is 13.7 Å². The van der Waals surface area contributed by atoms with E-state index >= 15 is 0 Å². The van der Waals surface area contributed by atoms with Crippen molar-refractivity contribution in [1.29, 1.82) is 0 Å². The first-order valence-electron chi connectivity index (χ1n) is 8.17. The van der Waals surface area contributed by atoms with Gasteiger partial charge in [-0.2, -0.15) is 0 Å². The van der Waals surface area contributed by atoms with E-state index in [1.54, 1.807) is 7.11 Å². The van der Waals surface area contributed by atoms with Crippen LogP contribution < -0.4 is 4.74 Å². The fourth-order valence-corrected chi connectivity index (χ4v) is 2.70. The minimum absolute atomic E-state index is 0.242. The van der Waals surface area contributed by atoms with Crippen LogP contribution in [0.15, 0.2) is 90.6 Å². The topological polar surface area (TPSA) is 18.5 Å². The van der Waals surface area contributed by atoms with Crippen LogP contribution in [0.4, 0.5) is 0 Å². The molecule has 2 aromatic carbocycles. The second-order valence-corrected chi connectivity index (χ2v) is 5.77. The third-order valence-electron chi connectivity index (χ3n) is 4.04. The van der Waals surface area contributed by atoms with E-state index in [2.05, 4.69) is 54.6 Å². The molecular formula is C22H22O2. The van der Waals surface area contributed by atoms with E-state index < -0.39 is 0 Å². The summed E-state index contributed by atoms with van der Waals surface area (Å²) in [6.07, 6.45) is 10.6. The molecule has 0 radical (unpaired) electrons. The fraction of sp³-hybridized carbons (Fsp3) is 0.182. The number of ether oxygens (including phenoxy) is 2. The molecule has 1 aliphatic rings. The Labute approximate surface area is 143 Å². The van der Waals surface area contributed by atoms with Crippen LogP contribution >= 0.6 is 0 Å². The molecule has 2 aromatic rings. The summed E-state index contributed by atoms with van der Waals surface area (Å²) in [7, 11) is 1.68. The van der Waals surface area contributed by atoms with E-state index in [9.17, 15) is 0 Å². The molecule has 1 unspecified atom stereocenters. The van der Waals surface area contributed by atoms with Crippen LogP contribution in [-0.2, 0) is 11.3 Å². The van der Waals surface area contributed by atoms with Crippen molar-refractivity contribution < 1.29 is 9.47 Å². The number of methoxy groups -OCH3 is 1. The third kappa shape index (κ3) is 4.46. The molecule has 3 rings (SSSR count). The van der Waals surface area contributed by atoms with Crippen LogP contribution in [0.1, 0.15) is 17.0 Å². The molecule has 0 bridgehead atoms. The Balaban J connectivity index is 1.64. The van der Waals surface area contributed by atoms with Crippen molar-refractivity contribution in [1.82, 2.24) is 0 Å². The van der Waals surface area contributed by atoms with Gasteiger partial charge in [0, 0.05) is 5.92 Å². The summed E-state index contributed by atoms with van der Waals surface area (Å²) in [6.45, 7) is 1.25. The van der Waals surface area contributed by atoms with Crippen LogP contribution in [0.5, 0.6) is 5.75 Å². The molecule has 0 heterocycles. The second-order valence-electron chi connectivity index (χ2n) is 5.77. The van der Waals surface area contributed by atoms with E-state index in [1.807, 2.05) is 30.3 Å². The predicted molar refractivity (Wildman–Crippen MR) is 98.2 cm³/mol. The molecule has 122 valence electrons. The zero-order chi connectivity index (χ0) is 16.6. The standard InChI is InChI=1S/C22H22O2/c1-23-22-13-11-19(12-14-22)16-24-17-21(15-18-7-5-6-8-18)20-9-3-2-4-10-20/h2-15,21H,16-17H2,1H3. The van der Waals surface area contributed by atoms with Gasteiger partial charge < -0.3 is 9.47 Å². The molecule has 0 saturated heterocycles. The highest BCUT2D eigenvalue weighted by molar-refractivity contribution is 5.42. The number of allylic oxidation sites excluding steroid dienone is 5. The predicted octanol–water partition coefficient (Wildman–Crippen LogP) is 5.05. The van der Waals surface area contributed by atoms with Crippen molar-refractivity contribution in [2.75, 3.05) is 13.7 Å². The Bertz CT molecular complexity index is 710. The van der Waals surface area contributed by atoms with Gasteiger partial charge in [-0.15, -0.1) is 0 Å². The van der Waals surface area contributed by atoms with Gasteiger partial charge >= 0.3 is 0 Å². The minimum atomic E-state index is 0.242. The van der Waals surface area contributed by atoms with Crippen LogP contribution in [0, 0.1) is 0 Å². The molecule has 0 aromatic heterocycles. The molecular weight excluding hydrogens is 296 g/mol. The lowest BCUT2D eigenvalue weighted by atomic mass is 9.97. The summed E-state index contributed by atoms with van der Waals surface area (Å²) < 4.78 is 11.2.